The molecule has 2 rings (SSSR count). The Bertz CT molecular complexity index is 435. The Morgan fingerprint density at radius 1 is 1.44 bits per heavy atom. The highest BCUT2D eigenvalue weighted by Crippen LogP contribution is 2.49. The first kappa shape index (κ1) is 13.1. The van der Waals surface area contributed by atoms with Gasteiger partial charge in [-0.05, 0) is 37.8 Å². The van der Waals surface area contributed by atoms with Crippen LogP contribution in [0.1, 0.15) is 30.4 Å². The molecule has 0 aliphatic heterocycles. The lowest BCUT2D eigenvalue weighted by molar-refractivity contribution is 0.259. The Morgan fingerprint density at radius 2 is 2.17 bits per heavy atom. The number of nitrogens with zero attached hydrogens (tertiary/aromatic N) is 1. The molecule has 3 heteroatoms. The van der Waals surface area contributed by atoms with Crippen molar-refractivity contribution < 1.29 is 0 Å². The molecule has 0 radical (unpaired) electrons. The fraction of sp³-hybridized carbons (Fsp3) is 0.533. The Labute approximate surface area is 109 Å². The van der Waals surface area contributed by atoms with E-state index in [4.69, 9.17) is 11.1 Å². The average molecular weight is 245 g/mol. The van der Waals surface area contributed by atoms with Crippen molar-refractivity contribution in [3.8, 4) is 0 Å². The van der Waals surface area contributed by atoms with Crippen LogP contribution in [0.4, 0.5) is 0 Å². The van der Waals surface area contributed by atoms with Gasteiger partial charge in [-0.15, -0.1) is 0 Å². The van der Waals surface area contributed by atoms with E-state index in [9.17, 15) is 0 Å². The third kappa shape index (κ3) is 3.57. The lowest BCUT2D eigenvalue weighted by Gasteiger charge is -2.23. The van der Waals surface area contributed by atoms with Crippen LogP contribution in [0.25, 0.3) is 0 Å². The van der Waals surface area contributed by atoms with Gasteiger partial charge in [0.2, 0.25) is 0 Å². The molecule has 1 aromatic carbocycles. The van der Waals surface area contributed by atoms with Crippen molar-refractivity contribution >= 4 is 5.84 Å². The second kappa shape index (κ2) is 5.11. The summed E-state index contributed by atoms with van der Waals surface area (Å²) in [6.45, 7) is 4.14. The van der Waals surface area contributed by atoms with Gasteiger partial charge in [-0.1, -0.05) is 29.8 Å². The average Bonchev–Trinajstić information content (AvgIpc) is 2.95. The fourth-order valence-electron chi connectivity index (χ4n) is 2.72. The third-order valence-electron chi connectivity index (χ3n) is 3.66. The number of nitrogens with two attached hydrogens (primary N) is 1. The van der Waals surface area contributed by atoms with E-state index in [1.807, 2.05) is 0 Å². The summed E-state index contributed by atoms with van der Waals surface area (Å²) in [5.74, 6) is 0.330. The summed E-state index contributed by atoms with van der Waals surface area (Å²) >= 11 is 0. The van der Waals surface area contributed by atoms with Gasteiger partial charge in [-0.25, -0.2) is 0 Å². The molecular weight excluding hydrogens is 222 g/mol. The quantitative estimate of drug-likeness (QED) is 0.598. The standard InChI is InChI=1S/C15H23N3/c1-12-4-3-5-13(8-12)10-18(2)11-15(6-7-15)9-14(16)17/h3-5,8H,6-7,9-11H2,1-2H3,(H3,16,17). The van der Waals surface area contributed by atoms with Gasteiger partial charge in [0, 0.05) is 19.5 Å². The minimum atomic E-state index is 0.296. The van der Waals surface area contributed by atoms with E-state index in [0.29, 0.717) is 11.3 Å². The number of rotatable bonds is 6. The first-order valence-corrected chi connectivity index (χ1v) is 6.56. The minimum Gasteiger partial charge on any atom is -0.388 e. The molecule has 1 fully saturated rings. The van der Waals surface area contributed by atoms with Gasteiger partial charge in [0.1, 0.15) is 0 Å². The molecule has 3 N–H and O–H groups in total. The van der Waals surface area contributed by atoms with Gasteiger partial charge in [-0.3, -0.25) is 5.41 Å². The maximum absolute atomic E-state index is 7.44. The van der Waals surface area contributed by atoms with Crippen LogP contribution in [0.5, 0.6) is 0 Å². The summed E-state index contributed by atoms with van der Waals surface area (Å²) in [5, 5.41) is 7.44. The lowest BCUT2D eigenvalue weighted by atomic mass is 10.0. The molecular formula is C15H23N3. The van der Waals surface area contributed by atoms with Gasteiger partial charge in [0.05, 0.1) is 5.84 Å². The Morgan fingerprint density at radius 3 is 2.72 bits per heavy atom. The molecule has 0 aromatic heterocycles. The second-order valence-corrected chi connectivity index (χ2v) is 5.86. The molecule has 1 aromatic rings. The Kier molecular flexibility index (Phi) is 3.71. The van der Waals surface area contributed by atoms with E-state index < -0.39 is 0 Å². The van der Waals surface area contributed by atoms with Crippen LogP contribution < -0.4 is 5.73 Å². The first-order chi connectivity index (χ1) is 8.49. The highest BCUT2D eigenvalue weighted by molar-refractivity contribution is 5.78. The van der Waals surface area contributed by atoms with Crippen molar-refractivity contribution in [1.82, 2.24) is 4.90 Å². The van der Waals surface area contributed by atoms with Crippen LogP contribution in [0.15, 0.2) is 24.3 Å². The van der Waals surface area contributed by atoms with Crippen LogP contribution in [-0.2, 0) is 6.54 Å². The molecule has 0 heterocycles. The molecule has 0 bridgehead atoms. The highest BCUT2D eigenvalue weighted by atomic mass is 15.1. The SMILES string of the molecule is Cc1cccc(CN(C)CC2(CC(=N)N)CC2)c1. The van der Waals surface area contributed by atoms with Crippen molar-refractivity contribution in [1.29, 1.82) is 5.41 Å². The summed E-state index contributed by atoms with van der Waals surface area (Å²) < 4.78 is 0. The van der Waals surface area contributed by atoms with E-state index in [1.54, 1.807) is 0 Å². The van der Waals surface area contributed by atoms with Crippen molar-refractivity contribution in [2.75, 3.05) is 13.6 Å². The van der Waals surface area contributed by atoms with Crippen LogP contribution in [0.3, 0.4) is 0 Å². The molecule has 0 amide bonds. The molecule has 1 aliphatic rings. The number of aryl methyl sites for hydroxylation is 1. The summed E-state index contributed by atoms with van der Waals surface area (Å²) in [6, 6.07) is 8.65. The number of benzene rings is 1. The number of amidine groups is 1. The predicted molar refractivity (Wildman–Crippen MR) is 75.7 cm³/mol. The zero-order valence-corrected chi connectivity index (χ0v) is 11.4. The maximum Gasteiger partial charge on any atom is 0.0911 e. The second-order valence-electron chi connectivity index (χ2n) is 5.86. The smallest absolute Gasteiger partial charge is 0.0911 e. The van der Waals surface area contributed by atoms with Crippen LogP contribution in [0.2, 0.25) is 0 Å². The molecule has 98 valence electrons. The zero-order valence-electron chi connectivity index (χ0n) is 11.4. The van der Waals surface area contributed by atoms with E-state index in [2.05, 4.69) is 43.1 Å². The van der Waals surface area contributed by atoms with E-state index in [1.165, 1.54) is 24.0 Å². The minimum absolute atomic E-state index is 0.296. The van der Waals surface area contributed by atoms with Crippen LogP contribution in [0, 0.1) is 17.7 Å². The molecule has 0 unspecified atom stereocenters. The van der Waals surface area contributed by atoms with Crippen molar-refractivity contribution in [3.05, 3.63) is 35.4 Å². The molecule has 3 nitrogen and oxygen atoms in total. The topological polar surface area (TPSA) is 53.1 Å². The monoisotopic (exact) mass is 245 g/mol. The summed E-state index contributed by atoms with van der Waals surface area (Å²) in [7, 11) is 2.16. The molecule has 1 saturated carbocycles. The summed E-state index contributed by atoms with van der Waals surface area (Å²) in [5.41, 5.74) is 8.50. The van der Waals surface area contributed by atoms with Crippen molar-refractivity contribution in [3.63, 3.8) is 0 Å². The van der Waals surface area contributed by atoms with E-state index in [-0.39, 0.29) is 0 Å². The van der Waals surface area contributed by atoms with Crippen LogP contribution in [-0.4, -0.2) is 24.3 Å². The maximum atomic E-state index is 7.44. The van der Waals surface area contributed by atoms with E-state index in [0.717, 1.165) is 19.5 Å². The Balaban J connectivity index is 1.89. The number of hydrogen-bond acceptors (Lipinski definition) is 2. The normalized spacial score (nSPS) is 16.8. The van der Waals surface area contributed by atoms with E-state index >= 15 is 0 Å². The number of hydrogen-bond donors (Lipinski definition) is 2. The predicted octanol–water partition coefficient (Wildman–Crippen LogP) is 2.53. The van der Waals surface area contributed by atoms with Gasteiger partial charge in [-0.2, -0.15) is 0 Å². The molecule has 0 saturated heterocycles. The zero-order chi connectivity index (χ0) is 13.2. The number of nitrogens with one attached hydrogen (secondary N) is 1. The summed E-state index contributed by atoms with van der Waals surface area (Å²) in [4.78, 5) is 2.35. The highest BCUT2D eigenvalue weighted by Gasteiger charge is 2.43. The van der Waals surface area contributed by atoms with Gasteiger partial charge in [0.25, 0.3) is 0 Å². The largest absolute Gasteiger partial charge is 0.388 e. The Hall–Kier alpha value is -1.35. The van der Waals surface area contributed by atoms with Crippen molar-refractivity contribution in [2.45, 2.75) is 32.7 Å². The first-order valence-electron chi connectivity index (χ1n) is 6.56. The molecule has 0 atom stereocenters. The fourth-order valence-corrected chi connectivity index (χ4v) is 2.72. The van der Waals surface area contributed by atoms with Gasteiger partial charge >= 0.3 is 0 Å². The summed E-state index contributed by atoms with van der Waals surface area (Å²) in [6.07, 6.45) is 3.18. The third-order valence-corrected chi connectivity index (χ3v) is 3.66. The van der Waals surface area contributed by atoms with Crippen LogP contribution >= 0.6 is 0 Å². The molecule has 0 spiro atoms. The van der Waals surface area contributed by atoms with Crippen molar-refractivity contribution in [2.24, 2.45) is 11.1 Å². The lowest BCUT2D eigenvalue weighted by Crippen LogP contribution is -2.29. The van der Waals surface area contributed by atoms with Gasteiger partial charge in [0.15, 0.2) is 0 Å². The molecule has 1 aliphatic carbocycles. The van der Waals surface area contributed by atoms with Gasteiger partial charge < -0.3 is 10.6 Å². The molecule has 18 heavy (non-hydrogen) atoms.